The lowest BCUT2D eigenvalue weighted by atomic mass is 9.79. The molecular weight excluding hydrogens is 465 g/mol. The summed E-state index contributed by atoms with van der Waals surface area (Å²) in [6.07, 6.45) is -2.12. The van der Waals surface area contributed by atoms with Crippen molar-refractivity contribution in [3.8, 4) is 16.9 Å². The van der Waals surface area contributed by atoms with Crippen molar-refractivity contribution in [1.29, 1.82) is 0 Å². The number of rotatable bonds is 6. The Morgan fingerprint density at radius 1 is 1.09 bits per heavy atom. The third-order valence-electron chi connectivity index (χ3n) is 5.67. The molecule has 0 radical (unpaired) electrons. The molecule has 4 rings (SSSR count). The van der Waals surface area contributed by atoms with Gasteiger partial charge in [-0.15, -0.1) is 0 Å². The number of aromatic hydroxyl groups is 1. The lowest BCUT2D eigenvalue weighted by molar-refractivity contribution is -0.156. The second-order valence-corrected chi connectivity index (χ2v) is 7.84. The number of primary amides is 1. The van der Waals surface area contributed by atoms with Gasteiger partial charge < -0.3 is 15.4 Å². The van der Waals surface area contributed by atoms with Crippen LogP contribution >= 0.6 is 0 Å². The highest BCUT2D eigenvalue weighted by Gasteiger charge is 2.49. The fraction of sp³-hybridized carbons (Fsp3) is 0.167. The molecule has 0 saturated heterocycles. The van der Waals surface area contributed by atoms with E-state index in [-0.39, 0.29) is 5.56 Å². The Kier molecular flexibility index (Phi) is 6.16. The summed E-state index contributed by atoms with van der Waals surface area (Å²) >= 11 is 0. The van der Waals surface area contributed by atoms with Gasteiger partial charge in [0.05, 0.1) is 6.20 Å². The first-order valence-corrected chi connectivity index (χ1v) is 10.3. The molecule has 0 fully saturated rings. The summed E-state index contributed by atoms with van der Waals surface area (Å²) in [6, 6.07) is 14.3. The Labute approximate surface area is 196 Å². The number of carbonyl (C=O) groups excluding carboxylic acids is 1. The van der Waals surface area contributed by atoms with Gasteiger partial charge >= 0.3 is 6.18 Å². The van der Waals surface area contributed by atoms with E-state index in [9.17, 15) is 27.9 Å². The quantitative estimate of drug-likeness (QED) is 0.430. The summed E-state index contributed by atoms with van der Waals surface area (Å²) in [4.78, 5) is 28.0. The number of hydrogen-bond acceptors (Lipinski definition) is 6. The highest BCUT2D eigenvalue weighted by Crippen LogP contribution is 2.48. The Balaban J connectivity index is 2.02. The van der Waals surface area contributed by atoms with Gasteiger partial charge in [-0.05, 0) is 16.7 Å². The molecule has 4 aromatic rings. The molecule has 2 aromatic carbocycles. The van der Waals surface area contributed by atoms with E-state index in [1.807, 2.05) is 0 Å². The van der Waals surface area contributed by atoms with E-state index in [0.717, 1.165) is 7.05 Å². The zero-order valence-corrected chi connectivity index (χ0v) is 18.2. The third-order valence-corrected chi connectivity index (χ3v) is 5.67. The zero-order chi connectivity index (χ0) is 25.3. The number of halogens is 3. The highest BCUT2D eigenvalue weighted by atomic mass is 19.4. The van der Waals surface area contributed by atoms with Crippen molar-refractivity contribution in [1.82, 2.24) is 14.7 Å². The van der Waals surface area contributed by atoms with Crippen LogP contribution in [0.25, 0.3) is 11.1 Å². The number of nitrogens with two attached hydrogens (primary N) is 1. The molecule has 180 valence electrons. The van der Waals surface area contributed by atoms with E-state index in [4.69, 9.17) is 10.3 Å². The van der Waals surface area contributed by atoms with Crippen molar-refractivity contribution in [2.45, 2.75) is 18.0 Å². The SMILES string of the molecule is Cn1c(C(C(c2ccccc2)c2cccc(-c3cnoc3)c2)C(F)(F)F)nc(C(N)=O)c(O)c1=O. The molecule has 35 heavy (non-hydrogen) atoms. The highest BCUT2D eigenvalue weighted by molar-refractivity contribution is 5.93. The summed E-state index contributed by atoms with van der Waals surface area (Å²) in [6.45, 7) is 0. The van der Waals surface area contributed by atoms with Gasteiger partial charge in [0, 0.05) is 18.5 Å². The van der Waals surface area contributed by atoms with E-state index >= 15 is 0 Å². The molecule has 0 spiro atoms. The Morgan fingerprint density at radius 2 is 1.77 bits per heavy atom. The molecule has 11 heteroatoms. The molecule has 2 aromatic heterocycles. The number of carbonyl (C=O) groups is 1. The largest absolute Gasteiger partial charge is 0.501 e. The number of aromatic nitrogens is 3. The van der Waals surface area contributed by atoms with Crippen molar-refractivity contribution >= 4 is 5.91 Å². The van der Waals surface area contributed by atoms with Crippen molar-refractivity contribution in [3.05, 3.63) is 100 Å². The van der Waals surface area contributed by atoms with E-state index in [1.165, 1.54) is 30.7 Å². The van der Waals surface area contributed by atoms with Crippen LogP contribution in [-0.4, -0.2) is 31.9 Å². The second-order valence-electron chi connectivity index (χ2n) is 7.84. The van der Waals surface area contributed by atoms with Gasteiger partial charge in [-0.2, -0.15) is 13.2 Å². The summed E-state index contributed by atoms with van der Waals surface area (Å²) in [7, 11) is 1.05. The monoisotopic (exact) mass is 484 g/mol. The summed E-state index contributed by atoms with van der Waals surface area (Å²) in [5.74, 6) is -6.96. The molecule has 0 aliphatic heterocycles. The number of amides is 1. The number of hydrogen-bond donors (Lipinski definition) is 2. The summed E-state index contributed by atoms with van der Waals surface area (Å²) in [5, 5.41) is 13.6. The predicted molar refractivity (Wildman–Crippen MR) is 119 cm³/mol. The van der Waals surface area contributed by atoms with Crippen molar-refractivity contribution < 1.29 is 27.6 Å². The molecule has 0 aliphatic rings. The van der Waals surface area contributed by atoms with Gasteiger partial charge in [0.2, 0.25) is 5.75 Å². The van der Waals surface area contributed by atoms with Crippen molar-refractivity contribution in [2.24, 2.45) is 12.8 Å². The second kappa shape index (κ2) is 9.09. The molecule has 0 aliphatic carbocycles. The van der Waals surface area contributed by atoms with Crippen LogP contribution in [0, 0.1) is 0 Å². The van der Waals surface area contributed by atoms with Crippen LogP contribution in [0.5, 0.6) is 5.75 Å². The van der Waals surface area contributed by atoms with E-state index < -0.39 is 46.7 Å². The maximum Gasteiger partial charge on any atom is 0.399 e. The molecule has 2 heterocycles. The molecule has 2 atom stereocenters. The minimum atomic E-state index is -4.92. The molecule has 3 N–H and O–H groups in total. The number of alkyl halides is 3. The molecule has 0 saturated carbocycles. The average Bonchev–Trinajstić information content (AvgIpc) is 3.36. The topological polar surface area (TPSA) is 124 Å². The normalized spacial score (nSPS) is 13.4. The first-order valence-electron chi connectivity index (χ1n) is 10.3. The van der Waals surface area contributed by atoms with Gasteiger partial charge in [-0.1, -0.05) is 59.8 Å². The lowest BCUT2D eigenvalue weighted by Gasteiger charge is -2.31. The average molecular weight is 484 g/mol. The standard InChI is InChI=1S/C24H19F3N4O4/c1-31-22(30-19(21(28)33)20(32)23(31)34)18(24(25,26)27)17(13-6-3-2-4-7-13)15-9-5-8-14(10-15)16-11-29-35-12-16/h2-12,17-18,32H,1H3,(H2,28,33). The van der Waals surface area contributed by atoms with Crippen LogP contribution in [-0.2, 0) is 7.05 Å². The van der Waals surface area contributed by atoms with Crippen LogP contribution in [0.15, 0.2) is 76.4 Å². The van der Waals surface area contributed by atoms with Crippen LogP contribution in [0.3, 0.4) is 0 Å². The predicted octanol–water partition coefficient (Wildman–Crippen LogP) is 3.72. The molecule has 8 nitrogen and oxygen atoms in total. The van der Waals surface area contributed by atoms with Crippen LogP contribution in [0.4, 0.5) is 13.2 Å². The lowest BCUT2D eigenvalue weighted by Crippen LogP contribution is -2.36. The van der Waals surface area contributed by atoms with E-state index in [2.05, 4.69) is 10.1 Å². The maximum absolute atomic E-state index is 14.8. The van der Waals surface area contributed by atoms with E-state index in [1.54, 1.807) is 36.4 Å². The fourth-order valence-electron chi connectivity index (χ4n) is 4.04. The number of nitrogens with zero attached hydrogens (tertiary/aromatic N) is 3. The molecular formula is C24H19F3N4O4. The first kappa shape index (κ1) is 23.7. The number of benzene rings is 2. The first-order chi connectivity index (χ1) is 16.6. The Morgan fingerprint density at radius 3 is 2.37 bits per heavy atom. The van der Waals surface area contributed by atoms with Gasteiger partial charge in [-0.25, -0.2) is 4.98 Å². The van der Waals surface area contributed by atoms with Crippen LogP contribution < -0.4 is 11.3 Å². The molecule has 2 unspecified atom stereocenters. The van der Waals surface area contributed by atoms with Gasteiger partial charge in [-0.3, -0.25) is 14.2 Å². The van der Waals surface area contributed by atoms with Crippen molar-refractivity contribution in [3.63, 3.8) is 0 Å². The van der Waals surface area contributed by atoms with Gasteiger partial charge in [0.25, 0.3) is 11.5 Å². The van der Waals surface area contributed by atoms with Gasteiger partial charge in [0.15, 0.2) is 5.69 Å². The fourth-order valence-corrected chi connectivity index (χ4v) is 4.04. The molecule has 1 amide bonds. The van der Waals surface area contributed by atoms with Crippen molar-refractivity contribution in [2.75, 3.05) is 0 Å². The molecule has 0 bridgehead atoms. The Hall–Kier alpha value is -4.41. The van der Waals surface area contributed by atoms with Crippen LogP contribution in [0.1, 0.15) is 39.3 Å². The summed E-state index contributed by atoms with van der Waals surface area (Å²) in [5.41, 5.74) is 4.72. The third kappa shape index (κ3) is 4.52. The minimum Gasteiger partial charge on any atom is -0.501 e. The maximum atomic E-state index is 14.8. The minimum absolute atomic E-state index is 0.264. The smallest absolute Gasteiger partial charge is 0.399 e. The Bertz CT molecular complexity index is 1420. The zero-order valence-electron chi connectivity index (χ0n) is 18.2. The van der Waals surface area contributed by atoms with E-state index in [0.29, 0.717) is 21.3 Å². The van der Waals surface area contributed by atoms with Gasteiger partial charge in [0.1, 0.15) is 18.0 Å². The summed E-state index contributed by atoms with van der Waals surface area (Å²) < 4.78 is 49.8. The van der Waals surface area contributed by atoms with Crippen LogP contribution in [0.2, 0.25) is 0 Å².